The second kappa shape index (κ2) is 11.2. The van der Waals surface area contributed by atoms with E-state index < -0.39 is 22.8 Å². The Hall–Kier alpha value is -3.92. The van der Waals surface area contributed by atoms with Gasteiger partial charge in [-0.25, -0.2) is 4.39 Å². The summed E-state index contributed by atoms with van der Waals surface area (Å²) in [5.74, 6) is -1.62. The summed E-state index contributed by atoms with van der Waals surface area (Å²) in [7, 11) is 2.04. The van der Waals surface area contributed by atoms with Crippen LogP contribution in [0.2, 0.25) is 0 Å². The number of fused-ring (bicyclic) bond motifs is 1. The minimum absolute atomic E-state index is 0.120. The first kappa shape index (κ1) is 26.7. The zero-order valence-corrected chi connectivity index (χ0v) is 20.6. The number of anilines is 1. The molecular weight excluding hydrogens is 467 g/mol. The lowest BCUT2D eigenvalue weighted by atomic mass is 9.97. The smallest absolute Gasteiger partial charge is 0.290 e. The first-order valence-corrected chi connectivity index (χ1v) is 11.6. The Morgan fingerprint density at radius 3 is 2.39 bits per heavy atom. The molecule has 10 heteroatoms. The summed E-state index contributed by atoms with van der Waals surface area (Å²) in [6.07, 6.45) is 0. The molecule has 2 heterocycles. The van der Waals surface area contributed by atoms with Crippen LogP contribution in [0.5, 0.6) is 5.75 Å². The van der Waals surface area contributed by atoms with Gasteiger partial charge in [0.1, 0.15) is 17.1 Å². The Labute approximate surface area is 208 Å². The number of likely N-dealkylation sites (N-methyl/N-ethyl adjacent to an activating group) is 1. The number of carbonyl (C=O) groups excluding carboxylic acids is 1. The molecule has 1 aliphatic rings. The predicted molar refractivity (Wildman–Crippen MR) is 137 cm³/mol. The molecule has 4 N–H and O–H groups in total. The largest absolute Gasteiger partial charge is 0.506 e. The van der Waals surface area contributed by atoms with E-state index in [1.165, 1.54) is 10.6 Å². The van der Waals surface area contributed by atoms with Gasteiger partial charge in [0, 0.05) is 38.1 Å². The van der Waals surface area contributed by atoms with Gasteiger partial charge in [0.15, 0.2) is 0 Å². The van der Waals surface area contributed by atoms with Crippen LogP contribution in [-0.4, -0.2) is 65.3 Å². The molecule has 0 radical (unpaired) electrons. The minimum atomic E-state index is -0.982. The first-order valence-electron chi connectivity index (χ1n) is 11.6. The highest BCUT2D eigenvalue weighted by molar-refractivity contribution is 6.06. The molecule has 1 aromatic heterocycles. The van der Waals surface area contributed by atoms with E-state index in [2.05, 4.69) is 4.90 Å². The third-order valence-corrected chi connectivity index (χ3v) is 6.16. The first-order chi connectivity index (χ1) is 17.1. The van der Waals surface area contributed by atoms with Crippen LogP contribution in [0.25, 0.3) is 22.0 Å². The Morgan fingerprint density at radius 2 is 1.81 bits per heavy atom. The average Bonchev–Trinajstić information content (AvgIpc) is 2.82. The maximum atomic E-state index is 14.8. The fourth-order valence-electron chi connectivity index (χ4n) is 4.46. The van der Waals surface area contributed by atoms with Crippen molar-refractivity contribution < 1.29 is 24.2 Å². The van der Waals surface area contributed by atoms with E-state index in [-0.39, 0.29) is 18.2 Å². The monoisotopic (exact) mass is 498 g/mol. The number of nitrogens with two attached hydrogens (primary N) is 1. The minimum Gasteiger partial charge on any atom is -0.506 e. The van der Waals surface area contributed by atoms with Crippen LogP contribution in [0, 0.1) is 11.7 Å². The van der Waals surface area contributed by atoms with E-state index in [1.54, 1.807) is 30.3 Å². The highest BCUT2D eigenvalue weighted by Gasteiger charge is 2.24. The molecule has 0 atom stereocenters. The molecule has 0 bridgehead atoms. The molecule has 2 aromatic carbocycles. The Kier molecular flexibility index (Phi) is 8.31. The quantitative estimate of drug-likeness (QED) is 0.461. The highest BCUT2D eigenvalue weighted by atomic mass is 19.1. The van der Waals surface area contributed by atoms with Gasteiger partial charge in [-0.3, -0.25) is 14.4 Å². The maximum Gasteiger partial charge on any atom is 0.290 e. The van der Waals surface area contributed by atoms with Crippen molar-refractivity contribution in [1.29, 1.82) is 0 Å². The lowest BCUT2D eigenvalue weighted by Crippen LogP contribution is -2.44. The third kappa shape index (κ3) is 5.33. The number of hydrogen-bond acceptors (Lipinski definition) is 6. The van der Waals surface area contributed by atoms with Gasteiger partial charge in [-0.2, -0.15) is 0 Å². The fourth-order valence-corrected chi connectivity index (χ4v) is 4.46. The second-order valence-corrected chi connectivity index (χ2v) is 9.16. The number of aromatic hydroxyl groups is 1. The standard InChI is InChI=1S/C25H29FN4O3.CH2O2/c1-15(2)14-30-19-6-4-5-17(21(19)23(31)22(24(27)32)25(30)33)16-7-8-18(26)20(13-16)29-11-9-28(3)10-12-29;2-1-3/h4-8,13,15,31H,9-12,14H2,1-3H3,(H2,27,32);1H,(H,2,3). The molecule has 0 spiro atoms. The number of benzene rings is 2. The molecule has 1 fully saturated rings. The molecule has 192 valence electrons. The summed E-state index contributed by atoms with van der Waals surface area (Å²) in [6, 6.07) is 10.1. The summed E-state index contributed by atoms with van der Waals surface area (Å²) in [5.41, 5.74) is 6.69. The number of piperazine rings is 1. The van der Waals surface area contributed by atoms with Crippen LogP contribution in [0.15, 0.2) is 41.2 Å². The molecule has 4 rings (SSSR count). The number of aromatic nitrogens is 1. The van der Waals surface area contributed by atoms with E-state index in [1.807, 2.05) is 25.8 Å². The molecule has 0 aliphatic carbocycles. The van der Waals surface area contributed by atoms with Crippen molar-refractivity contribution in [2.45, 2.75) is 20.4 Å². The van der Waals surface area contributed by atoms with Crippen LogP contribution >= 0.6 is 0 Å². The number of carbonyl (C=O) groups is 2. The number of hydrogen-bond donors (Lipinski definition) is 3. The zero-order valence-electron chi connectivity index (χ0n) is 20.6. The SMILES string of the molecule is CC(C)Cn1c(=O)c(C(N)=O)c(O)c2c(-c3ccc(F)c(N4CCN(C)CC4)c3)cccc21.O=CO. The highest BCUT2D eigenvalue weighted by Crippen LogP contribution is 2.37. The van der Waals surface area contributed by atoms with Crippen molar-refractivity contribution in [1.82, 2.24) is 9.47 Å². The number of pyridine rings is 1. The van der Waals surface area contributed by atoms with Crippen molar-refractivity contribution in [3.63, 3.8) is 0 Å². The molecule has 1 aliphatic heterocycles. The van der Waals surface area contributed by atoms with Gasteiger partial charge < -0.3 is 30.3 Å². The zero-order chi connectivity index (χ0) is 26.6. The van der Waals surface area contributed by atoms with Gasteiger partial charge in [-0.15, -0.1) is 0 Å². The number of halogens is 1. The summed E-state index contributed by atoms with van der Waals surface area (Å²) >= 11 is 0. The van der Waals surface area contributed by atoms with Crippen molar-refractivity contribution in [2.24, 2.45) is 11.7 Å². The second-order valence-electron chi connectivity index (χ2n) is 9.16. The summed E-state index contributed by atoms with van der Waals surface area (Å²) in [4.78, 5) is 37.7. The molecule has 0 saturated carbocycles. The van der Waals surface area contributed by atoms with Crippen LogP contribution in [0.1, 0.15) is 24.2 Å². The van der Waals surface area contributed by atoms with Crippen LogP contribution in [-0.2, 0) is 11.3 Å². The number of rotatable bonds is 5. The number of amides is 1. The van der Waals surface area contributed by atoms with Crippen molar-refractivity contribution in [2.75, 3.05) is 38.1 Å². The molecule has 36 heavy (non-hydrogen) atoms. The lowest BCUT2D eigenvalue weighted by Gasteiger charge is -2.34. The van der Waals surface area contributed by atoms with E-state index in [0.717, 1.165) is 13.1 Å². The topological polar surface area (TPSA) is 129 Å². The summed E-state index contributed by atoms with van der Waals surface area (Å²) in [5, 5.41) is 18.2. The number of primary amides is 1. The molecule has 3 aromatic rings. The Balaban J connectivity index is 0.00000115. The van der Waals surface area contributed by atoms with E-state index in [4.69, 9.17) is 15.6 Å². The van der Waals surface area contributed by atoms with Gasteiger partial charge in [0.25, 0.3) is 17.9 Å². The van der Waals surface area contributed by atoms with E-state index >= 15 is 0 Å². The third-order valence-electron chi connectivity index (χ3n) is 6.16. The Morgan fingerprint density at radius 1 is 1.17 bits per heavy atom. The van der Waals surface area contributed by atoms with Crippen LogP contribution < -0.4 is 16.2 Å². The van der Waals surface area contributed by atoms with Gasteiger partial charge in [-0.1, -0.05) is 32.0 Å². The van der Waals surface area contributed by atoms with Crippen LogP contribution in [0.4, 0.5) is 10.1 Å². The lowest BCUT2D eigenvalue weighted by molar-refractivity contribution is -0.122. The van der Waals surface area contributed by atoms with Crippen molar-refractivity contribution in [3.05, 3.63) is 58.1 Å². The normalized spacial score (nSPS) is 14.0. The summed E-state index contributed by atoms with van der Waals surface area (Å²) < 4.78 is 16.3. The summed E-state index contributed by atoms with van der Waals surface area (Å²) in [6.45, 7) is 7.11. The number of nitrogens with zero attached hydrogens (tertiary/aromatic N) is 3. The number of carboxylic acid groups (broad SMARTS) is 1. The van der Waals surface area contributed by atoms with Gasteiger partial charge in [-0.05, 0) is 42.3 Å². The van der Waals surface area contributed by atoms with Gasteiger partial charge in [0.05, 0.1) is 11.2 Å². The van der Waals surface area contributed by atoms with Crippen LogP contribution in [0.3, 0.4) is 0 Å². The predicted octanol–water partition coefficient (Wildman–Crippen LogP) is 2.72. The Bertz CT molecular complexity index is 1330. The van der Waals surface area contributed by atoms with E-state index in [9.17, 15) is 19.1 Å². The molecule has 1 amide bonds. The maximum absolute atomic E-state index is 14.8. The van der Waals surface area contributed by atoms with Crippen molar-refractivity contribution in [3.8, 4) is 16.9 Å². The van der Waals surface area contributed by atoms with Crippen molar-refractivity contribution >= 4 is 29.0 Å². The molecule has 9 nitrogen and oxygen atoms in total. The average molecular weight is 499 g/mol. The fraction of sp³-hybridized carbons (Fsp3) is 0.346. The molecule has 1 saturated heterocycles. The van der Waals surface area contributed by atoms with E-state index in [0.29, 0.717) is 47.4 Å². The molecular formula is C26H31FN4O5. The van der Waals surface area contributed by atoms with Gasteiger partial charge >= 0.3 is 0 Å². The van der Waals surface area contributed by atoms with Gasteiger partial charge in [0.2, 0.25) is 0 Å². The molecule has 0 unspecified atom stereocenters.